The Balaban J connectivity index is 2.15. The van der Waals surface area contributed by atoms with Gasteiger partial charge in [-0.15, -0.1) is 0 Å². The minimum atomic E-state index is -0.0148. The maximum Gasteiger partial charge on any atom is 0.183 e. The maximum atomic E-state index is 12.4. The smallest absolute Gasteiger partial charge is 0.183 e. The van der Waals surface area contributed by atoms with Crippen molar-refractivity contribution in [3.8, 4) is 0 Å². The Morgan fingerprint density at radius 1 is 1.50 bits per heavy atom. The largest absolute Gasteiger partial charge is 0.314 e. The number of ketones is 1. The zero-order valence-electron chi connectivity index (χ0n) is 11.0. The van der Waals surface area contributed by atoms with Gasteiger partial charge < -0.3 is 5.32 Å². The van der Waals surface area contributed by atoms with Crippen LogP contribution in [0, 0.1) is 0 Å². The van der Waals surface area contributed by atoms with Crippen molar-refractivity contribution in [2.24, 2.45) is 7.05 Å². The number of aromatic nitrogens is 2. The van der Waals surface area contributed by atoms with Gasteiger partial charge in [-0.1, -0.05) is 19.3 Å². The summed E-state index contributed by atoms with van der Waals surface area (Å²) in [5.74, 6) is 0.165. The molecule has 5 heteroatoms. The predicted molar refractivity (Wildman–Crippen MR) is 74.7 cm³/mol. The highest BCUT2D eigenvalue weighted by Crippen LogP contribution is 2.32. The Labute approximate surface area is 116 Å². The molecule has 0 aromatic carbocycles. The number of carbonyl (C=O) groups is 1. The molecule has 1 aliphatic rings. The summed E-state index contributed by atoms with van der Waals surface area (Å²) in [6.07, 6.45) is 8.12. The Hall–Kier alpha value is -0.680. The summed E-state index contributed by atoms with van der Waals surface area (Å²) in [5.41, 5.74) is 0.661. The molecule has 4 nitrogen and oxygen atoms in total. The summed E-state index contributed by atoms with van der Waals surface area (Å²) in [7, 11) is 3.78. The van der Waals surface area contributed by atoms with Gasteiger partial charge in [0.2, 0.25) is 0 Å². The van der Waals surface area contributed by atoms with Gasteiger partial charge in [0.1, 0.15) is 5.69 Å². The molecular weight excluding hydrogens is 294 g/mol. The van der Waals surface area contributed by atoms with E-state index in [2.05, 4.69) is 26.3 Å². The summed E-state index contributed by atoms with van der Waals surface area (Å²) >= 11 is 3.40. The van der Waals surface area contributed by atoms with Crippen molar-refractivity contribution in [3.63, 3.8) is 0 Å². The summed E-state index contributed by atoms with van der Waals surface area (Å²) in [6.45, 7) is 0. The number of nitrogens with one attached hydrogen (secondary N) is 1. The first kappa shape index (κ1) is 13.7. The molecule has 1 fully saturated rings. The molecule has 0 spiro atoms. The molecule has 1 aliphatic carbocycles. The molecule has 0 atom stereocenters. The Morgan fingerprint density at radius 2 is 2.17 bits per heavy atom. The lowest BCUT2D eigenvalue weighted by Crippen LogP contribution is -2.46. The lowest BCUT2D eigenvalue weighted by molar-refractivity contribution is 0.0904. The third-order valence-corrected chi connectivity index (χ3v) is 4.58. The standard InChI is InChI=1S/C13H20BrN3O/c1-15-13(6-4-3-5-7-13)8-11(18)12-10(14)9-16-17(12)2/h9,15H,3-8H2,1-2H3. The number of hydrogen-bond acceptors (Lipinski definition) is 3. The Morgan fingerprint density at radius 3 is 2.67 bits per heavy atom. The number of carbonyl (C=O) groups excluding carboxylic acids is 1. The van der Waals surface area contributed by atoms with E-state index in [4.69, 9.17) is 0 Å². The van der Waals surface area contributed by atoms with Gasteiger partial charge in [0.25, 0.3) is 0 Å². The third-order valence-electron chi connectivity index (χ3n) is 4.00. The summed E-state index contributed by atoms with van der Waals surface area (Å²) in [5, 5.41) is 7.49. The summed E-state index contributed by atoms with van der Waals surface area (Å²) < 4.78 is 2.44. The molecule has 1 saturated carbocycles. The molecule has 1 heterocycles. The van der Waals surface area contributed by atoms with E-state index in [0.29, 0.717) is 12.1 Å². The zero-order valence-corrected chi connectivity index (χ0v) is 12.6. The number of halogens is 1. The molecule has 0 unspecified atom stereocenters. The number of hydrogen-bond donors (Lipinski definition) is 1. The molecule has 1 aromatic rings. The van der Waals surface area contributed by atoms with Gasteiger partial charge in [-0.05, 0) is 35.8 Å². The number of Topliss-reactive ketones (excluding diaryl/α,β-unsaturated/α-hetero) is 1. The first-order chi connectivity index (χ1) is 8.58. The van der Waals surface area contributed by atoms with Crippen molar-refractivity contribution >= 4 is 21.7 Å². The molecular formula is C13H20BrN3O. The van der Waals surface area contributed by atoms with Crippen LogP contribution in [0.5, 0.6) is 0 Å². The normalized spacial score (nSPS) is 18.8. The van der Waals surface area contributed by atoms with Crippen LogP contribution >= 0.6 is 15.9 Å². The molecule has 0 bridgehead atoms. The molecule has 0 amide bonds. The van der Waals surface area contributed by atoms with E-state index in [1.807, 2.05) is 14.1 Å². The van der Waals surface area contributed by atoms with Crippen molar-refractivity contribution in [1.29, 1.82) is 0 Å². The average Bonchev–Trinajstić information content (AvgIpc) is 2.70. The molecule has 100 valence electrons. The van der Waals surface area contributed by atoms with Gasteiger partial charge in [-0.2, -0.15) is 5.10 Å². The van der Waals surface area contributed by atoms with Gasteiger partial charge in [-0.3, -0.25) is 9.48 Å². The van der Waals surface area contributed by atoms with E-state index in [0.717, 1.165) is 17.3 Å². The highest BCUT2D eigenvalue weighted by molar-refractivity contribution is 9.10. The number of nitrogens with zero attached hydrogens (tertiary/aromatic N) is 2. The molecule has 0 aliphatic heterocycles. The minimum absolute atomic E-state index is 0.0148. The fourth-order valence-electron chi connectivity index (χ4n) is 2.86. The predicted octanol–water partition coefficient (Wildman–Crippen LogP) is 2.68. The molecule has 1 aromatic heterocycles. The number of aryl methyl sites for hydroxylation is 1. The molecule has 0 saturated heterocycles. The van der Waals surface area contributed by atoms with Gasteiger partial charge in [0.15, 0.2) is 5.78 Å². The van der Waals surface area contributed by atoms with Crippen molar-refractivity contribution in [2.75, 3.05) is 7.05 Å². The second-order valence-corrected chi connectivity index (χ2v) is 6.01. The molecule has 2 rings (SSSR count). The van der Waals surface area contributed by atoms with Crippen molar-refractivity contribution in [1.82, 2.24) is 15.1 Å². The van der Waals surface area contributed by atoms with E-state index in [1.54, 1.807) is 10.9 Å². The van der Waals surface area contributed by atoms with Gasteiger partial charge in [-0.25, -0.2) is 0 Å². The molecule has 18 heavy (non-hydrogen) atoms. The monoisotopic (exact) mass is 313 g/mol. The van der Waals surface area contributed by atoms with Crippen LogP contribution in [0.25, 0.3) is 0 Å². The Kier molecular flexibility index (Phi) is 4.22. The quantitative estimate of drug-likeness (QED) is 0.869. The first-order valence-corrected chi connectivity index (χ1v) is 7.27. The Bertz CT molecular complexity index is 416. The van der Waals surface area contributed by atoms with E-state index < -0.39 is 0 Å². The van der Waals surface area contributed by atoms with E-state index in [1.165, 1.54) is 19.3 Å². The SMILES string of the molecule is CNC1(CC(=O)c2c(Br)cnn2C)CCCCC1. The van der Waals surface area contributed by atoms with Gasteiger partial charge in [0.05, 0.1) is 10.7 Å². The van der Waals surface area contributed by atoms with E-state index >= 15 is 0 Å². The number of rotatable bonds is 4. The van der Waals surface area contributed by atoms with Crippen molar-refractivity contribution in [3.05, 3.63) is 16.4 Å². The van der Waals surface area contributed by atoms with Gasteiger partial charge in [0, 0.05) is 19.0 Å². The van der Waals surface area contributed by atoms with Crippen molar-refractivity contribution in [2.45, 2.75) is 44.1 Å². The average molecular weight is 314 g/mol. The van der Waals surface area contributed by atoms with Crippen LogP contribution in [0.15, 0.2) is 10.7 Å². The fourth-order valence-corrected chi connectivity index (χ4v) is 3.43. The minimum Gasteiger partial charge on any atom is -0.314 e. The fraction of sp³-hybridized carbons (Fsp3) is 0.692. The highest BCUT2D eigenvalue weighted by Gasteiger charge is 2.34. The van der Waals surface area contributed by atoms with Crippen LogP contribution < -0.4 is 5.32 Å². The second kappa shape index (κ2) is 5.53. The maximum absolute atomic E-state index is 12.4. The van der Waals surface area contributed by atoms with Crippen LogP contribution in [-0.2, 0) is 7.05 Å². The van der Waals surface area contributed by atoms with Crippen LogP contribution in [-0.4, -0.2) is 28.2 Å². The molecule has 0 radical (unpaired) electrons. The highest BCUT2D eigenvalue weighted by atomic mass is 79.9. The lowest BCUT2D eigenvalue weighted by Gasteiger charge is -2.36. The molecule has 1 N–H and O–H groups in total. The van der Waals surface area contributed by atoms with Crippen LogP contribution in [0.4, 0.5) is 0 Å². The summed E-state index contributed by atoms with van der Waals surface area (Å²) in [6, 6.07) is 0. The van der Waals surface area contributed by atoms with Crippen LogP contribution in [0.2, 0.25) is 0 Å². The van der Waals surface area contributed by atoms with E-state index in [9.17, 15) is 4.79 Å². The van der Waals surface area contributed by atoms with Crippen LogP contribution in [0.1, 0.15) is 49.0 Å². The van der Waals surface area contributed by atoms with Crippen LogP contribution in [0.3, 0.4) is 0 Å². The van der Waals surface area contributed by atoms with Crippen molar-refractivity contribution < 1.29 is 4.79 Å². The zero-order chi connectivity index (χ0) is 13.2. The first-order valence-electron chi connectivity index (χ1n) is 6.48. The topological polar surface area (TPSA) is 46.9 Å². The summed E-state index contributed by atoms with van der Waals surface area (Å²) in [4.78, 5) is 12.4. The second-order valence-electron chi connectivity index (χ2n) is 5.16. The third kappa shape index (κ3) is 2.67. The van der Waals surface area contributed by atoms with Gasteiger partial charge >= 0.3 is 0 Å². The van der Waals surface area contributed by atoms with E-state index in [-0.39, 0.29) is 11.3 Å². The lowest BCUT2D eigenvalue weighted by atomic mass is 9.78.